The lowest BCUT2D eigenvalue weighted by Crippen LogP contribution is -2.32. The van der Waals surface area contributed by atoms with Crippen molar-refractivity contribution in [3.8, 4) is 37.0 Å². The third kappa shape index (κ3) is 6.54. The van der Waals surface area contributed by atoms with Crippen LogP contribution in [-0.2, 0) is 33.2 Å². The average Bonchev–Trinajstić information content (AvgIpc) is 2.40. The van der Waals surface area contributed by atoms with Crippen molar-refractivity contribution in [3.63, 3.8) is 0 Å². The molecule has 0 aliphatic heterocycles. The van der Waals surface area contributed by atoms with Crippen LogP contribution in [0.4, 0.5) is 0 Å². The molecule has 0 aromatic carbocycles. The largest absolute Gasteiger partial charge is 0.771 e. The Bertz CT molecular complexity index is 519. The molecule has 0 amide bonds. The Kier molecular flexibility index (Phi) is 9.39. The van der Waals surface area contributed by atoms with Gasteiger partial charge in [0.05, 0.1) is 15.7 Å². The lowest BCUT2D eigenvalue weighted by Gasteiger charge is -2.30. The standard InChI is InChI=1S/C12H14O6S3/c1-4-10(19(13)14)7-9(12(6-3)21(17)18)8-11(5-2)20(15)16/h1-3,9-12H,7-8H2,(H,13,14)(H,15,16)(H,17,18)/p-3. The molecular weight excluding hydrogens is 336 g/mol. The molecule has 21 heavy (non-hydrogen) atoms. The summed E-state index contributed by atoms with van der Waals surface area (Å²) in [6.45, 7) is 0. The molecule has 0 N–H and O–H groups in total. The molecule has 9 heteroatoms. The Labute approximate surface area is 131 Å². The molecule has 0 aliphatic rings. The Morgan fingerprint density at radius 1 is 0.762 bits per heavy atom. The van der Waals surface area contributed by atoms with Crippen molar-refractivity contribution in [1.29, 1.82) is 0 Å². The molecule has 0 rings (SSSR count). The van der Waals surface area contributed by atoms with Gasteiger partial charge in [0.1, 0.15) is 0 Å². The van der Waals surface area contributed by atoms with Crippen LogP contribution in [0.5, 0.6) is 0 Å². The molecule has 0 saturated heterocycles. The smallest absolute Gasteiger partial charge is 0.0851 e. The minimum absolute atomic E-state index is 0.301. The minimum Gasteiger partial charge on any atom is -0.771 e. The van der Waals surface area contributed by atoms with E-state index in [2.05, 4.69) is 0 Å². The van der Waals surface area contributed by atoms with Gasteiger partial charge in [0.15, 0.2) is 0 Å². The van der Waals surface area contributed by atoms with E-state index < -0.39 is 54.9 Å². The van der Waals surface area contributed by atoms with Gasteiger partial charge >= 0.3 is 0 Å². The Hall–Kier alpha value is -0.990. The van der Waals surface area contributed by atoms with E-state index in [9.17, 15) is 26.3 Å². The first kappa shape index (κ1) is 20.0. The Morgan fingerprint density at radius 2 is 1.14 bits per heavy atom. The highest BCUT2D eigenvalue weighted by Crippen LogP contribution is 2.24. The molecule has 116 valence electrons. The molecule has 6 nitrogen and oxygen atoms in total. The van der Waals surface area contributed by atoms with Crippen LogP contribution in [0.15, 0.2) is 0 Å². The normalized spacial score (nSPS) is 20.6. The maximum Gasteiger partial charge on any atom is 0.0851 e. The summed E-state index contributed by atoms with van der Waals surface area (Å²) >= 11 is -8.01. The quantitative estimate of drug-likeness (QED) is 0.411. The zero-order valence-corrected chi connectivity index (χ0v) is 13.1. The van der Waals surface area contributed by atoms with E-state index in [1.54, 1.807) is 0 Å². The van der Waals surface area contributed by atoms with Gasteiger partial charge in [-0.2, -0.15) is 0 Å². The van der Waals surface area contributed by atoms with Crippen LogP contribution >= 0.6 is 0 Å². The third-order valence-corrected chi connectivity index (χ3v) is 5.19. The fourth-order valence-electron chi connectivity index (χ4n) is 1.65. The van der Waals surface area contributed by atoms with Gasteiger partial charge in [-0.1, -0.05) is 17.8 Å². The van der Waals surface area contributed by atoms with Crippen molar-refractivity contribution in [1.82, 2.24) is 0 Å². The first-order valence-electron chi connectivity index (χ1n) is 5.41. The van der Waals surface area contributed by atoms with Crippen molar-refractivity contribution in [3.05, 3.63) is 0 Å². The summed E-state index contributed by atoms with van der Waals surface area (Å²) in [5, 5.41) is -3.95. The molecule has 0 aromatic rings. The zero-order chi connectivity index (χ0) is 16.6. The van der Waals surface area contributed by atoms with Crippen molar-refractivity contribution < 1.29 is 26.3 Å². The van der Waals surface area contributed by atoms with Crippen LogP contribution < -0.4 is 0 Å². The van der Waals surface area contributed by atoms with Gasteiger partial charge in [0, 0.05) is 0 Å². The van der Waals surface area contributed by atoms with E-state index in [4.69, 9.17) is 19.3 Å². The second-order valence-corrected chi connectivity index (χ2v) is 7.12. The molecule has 0 saturated carbocycles. The van der Waals surface area contributed by atoms with E-state index in [1.165, 1.54) is 0 Å². The van der Waals surface area contributed by atoms with Crippen LogP contribution in [0.25, 0.3) is 0 Å². The summed E-state index contributed by atoms with van der Waals surface area (Å²) in [6, 6.07) is 0. The summed E-state index contributed by atoms with van der Waals surface area (Å²) < 4.78 is 65.9. The van der Waals surface area contributed by atoms with Gasteiger partial charge in [0.2, 0.25) is 0 Å². The zero-order valence-electron chi connectivity index (χ0n) is 10.6. The van der Waals surface area contributed by atoms with Gasteiger partial charge in [-0.15, -0.1) is 19.3 Å². The maximum absolute atomic E-state index is 11.1. The van der Waals surface area contributed by atoms with E-state index in [1.807, 2.05) is 17.8 Å². The fraction of sp³-hybridized carbons (Fsp3) is 0.500. The van der Waals surface area contributed by atoms with Gasteiger partial charge in [-0.25, -0.2) is 0 Å². The third-order valence-electron chi connectivity index (χ3n) is 2.67. The molecule has 0 radical (unpaired) electrons. The van der Waals surface area contributed by atoms with Gasteiger partial charge < -0.3 is 13.7 Å². The highest BCUT2D eigenvalue weighted by molar-refractivity contribution is 7.80. The molecule has 0 aliphatic carbocycles. The second kappa shape index (κ2) is 9.86. The molecule has 6 atom stereocenters. The van der Waals surface area contributed by atoms with Crippen LogP contribution in [-0.4, -0.2) is 42.0 Å². The van der Waals surface area contributed by atoms with Gasteiger partial charge in [-0.3, -0.25) is 12.6 Å². The van der Waals surface area contributed by atoms with Crippen LogP contribution in [0.2, 0.25) is 0 Å². The summed E-state index contributed by atoms with van der Waals surface area (Å²) in [5.74, 6) is 4.96. The SMILES string of the molecule is C#CC(CC(CC(C#C)S(=O)[O-])C(C#C)S(=O)[O-])S(=O)[O-]. The van der Waals surface area contributed by atoms with E-state index in [-0.39, 0.29) is 12.8 Å². The first-order valence-corrected chi connectivity index (χ1v) is 8.82. The van der Waals surface area contributed by atoms with Crippen molar-refractivity contribution in [2.24, 2.45) is 5.92 Å². The summed E-state index contributed by atoms with van der Waals surface area (Å²) in [5.41, 5.74) is 0. The van der Waals surface area contributed by atoms with Crippen LogP contribution in [0.1, 0.15) is 12.8 Å². The Morgan fingerprint density at radius 3 is 1.33 bits per heavy atom. The molecule has 6 unspecified atom stereocenters. The molecular formula is C12H11O6S3-3. The maximum atomic E-state index is 11.1. The van der Waals surface area contributed by atoms with Crippen molar-refractivity contribution >= 4 is 33.2 Å². The number of terminal acetylenes is 3. The average molecular weight is 347 g/mol. The second-order valence-electron chi connectivity index (χ2n) is 3.91. The predicted octanol–water partition coefficient (Wildman–Crippen LogP) is -0.974. The van der Waals surface area contributed by atoms with Crippen molar-refractivity contribution in [2.75, 3.05) is 0 Å². The number of rotatable bonds is 8. The predicted molar refractivity (Wildman–Crippen MR) is 77.3 cm³/mol. The molecule has 0 bridgehead atoms. The monoisotopic (exact) mass is 347 g/mol. The number of hydrogen-bond acceptors (Lipinski definition) is 6. The first-order chi connectivity index (χ1) is 9.78. The highest BCUT2D eigenvalue weighted by Gasteiger charge is 2.27. The topological polar surface area (TPSA) is 120 Å². The van der Waals surface area contributed by atoms with Crippen molar-refractivity contribution in [2.45, 2.75) is 28.6 Å². The van der Waals surface area contributed by atoms with Gasteiger partial charge in [-0.05, 0) is 52.0 Å². The lowest BCUT2D eigenvalue weighted by atomic mass is 9.94. The van der Waals surface area contributed by atoms with Crippen LogP contribution in [0, 0.1) is 42.9 Å². The fourth-order valence-corrected chi connectivity index (χ4v) is 3.32. The summed E-state index contributed by atoms with van der Waals surface area (Å²) in [4.78, 5) is 0. The molecule has 0 heterocycles. The summed E-state index contributed by atoms with van der Waals surface area (Å²) in [7, 11) is 0. The van der Waals surface area contributed by atoms with Crippen LogP contribution in [0.3, 0.4) is 0 Å². The molecule has 0 aromatic heterocycles. The Balaban J connectivity index is 5.39. The van der Waals surface area contributed by atoms with Gasteiger partial charge in [0.25, 0.3) is 0 Å². The number of hydrogen-bond donors (Lipinski definition) is 0. The lowest BCUT2D eigenvalue weighted by molar-refractivity contribution is 0.434. The van der Waals surface area contributed by atoms with E-state index >= 15 is 0 Å². The van der Waals surface area contributed by atoms with E-state index in [0.29, 0.717) is 0 Å². The highest BCUT2D eigenvalue weighted by atomic mass is 32.2. The molecule has 0 fully saturated rings. The minimum atomic E-state index is -2.72. The molecule has 0 spiro atoms. The van der Waals surface area contributed by atoms with E-state index in [0.717, 1.165) is 0 Å². The summed E-state index contributed by atoms with van der Waals surface area (Å²) in [6.07, 6.45) is 14.6.